The van der Waals surface area contributed by atoms with E-state index in [1.807, 2.05) is 18.2 Å². The van der Waals surface area contributed by atoms with Crippen LogP contribution in [0.15, 0.2) is 53.5 Å². The smallest absolute Gasteiger partial charge is 0.217 e. The van der Waals surface area contributed by atoms with Crippen LogP contribution in [0.5, 0.6) is 17.4 Å². The van der Waals surface area contributed by atoms with Gasteiger partial charge in [0.1, 0.15) is 11.3 Å². The maximum Gasteiger partial charge on any atom is 0.217 e. The molecule has 6 heteroatoms. The van der Waals surface area contributed by atoms with Crippen molar-refractivity contribution in [1.82, 2.24) is 4.98 Å². The average molecular weight is 534 g/mol. The Hall–Kier alpha value is -1.84. The molecule has 0 unspecified atom stereocenters. The molecule has 0 bridgehead atoms. The Bertz CT molecular complexity index is 1040. The molecule has 2 heterocycles. The maximum atomic E-state index is 9.95. The quantitative estimate of drug-likeness (QED) is 0.507. The number of aromatic hydroxyl groups is 1. The number of para-hydroxylation sites is 1. The third kappa shape index (κ3) is 3.88. The maximum absolute atomic E-state index is 9.95. The molecule has 0 saturated heterocycles. The van der Waals surface area contributed by atoms with Gasteiger partial charge in [-0.05, 0) is 19.0 Å². The molecule has 1 N–H and O–H groups in total. The first kappa shape index (κ1) is 14.3. The Balaban J connectivity index is 0.00000225. The second-order valence-corrected chi connectivity index (χ2v) is 6.30. The number of benzene rings is 2. The van der Waals surface area contributed by atoms with E-state index in [-0.39, 0.29) is 26.8 Å². The molecule has 0 fully saturated rings. The summed E-state index contributed by atoms with van der Waals surface area (Å²) in [5.41, 5.74) is 1.15. The van der Waals surface area contributed by atoms with Crippen LogP contribution in [-0.2, 0) is 21.1 Å². The second kappa shape index (κ2) is 7.59. The number of fused-ring (bicyclic) bond motifs is 1. The summed E-state index contributed by atoms with van der Waals surface area (Å²) < 4.78 is 28.3. The summed E-state index contributed by atoms with van der Waals surface area (Å²) in [6, 6.07) is 16.5. The van der Waals surface area contributed by atoms with Gasteiger partial charge in [-0.3, -0.25) is 0 Å². The van der Waals surface area contributed by atoms with Crippen LogP contribution in [-0.4, -0.2) is 26.9 Å². The fourth-order valence-electron chi connectivity index (χ4n) is 2.44. The van der Waals surface area contributed by atoms with Crippen LogP contribution in [0.25, 0.3) is 10.9 Å². The van der Waals surface area contributed by atoms with Crippen LogP contribution < -0.4 is 4.74 Å². The fraction of sp³-hybridized carbons (Fsp3) is 0.158. The number of phenols is 1. The molecular weight excluding hydrogens is 515 g/mol. The summed E-state index contributed by atoms with van der Waals surface area (Å²) in [7, 11) is 0. The predicted octanol–water partition coefficient (Wildman–Crippen LogP) is 4.41. The summed E-state index contributed by atoms with van der Waals surface area (Å²) in [5.74, 6) is 1.29. The van der Waals surface area contributed by atoms with Gasteiger partial charge in [-0.15, -0.1) is 23.8 Å². The number of hydrogen-bond acceptors (Lipinski definition) is 5. The van der Waals surface area contributed by atoms with Crippen molar-refractivity contribution in [1.29, 1.82) is 0 Å². The van der Waals surface area contributed by atoms with Crippen molar-refractivity contribution in [2.45, 2.75) is 12.9 Å². The topological polar surface area (TPSA) is 54.7 Å². The normalized spacial score (nSPS) is 18.6. The first-order chi connectivity index (χ1) is 12.9. The molecule has 3 aromatic rings. The summed E-state index contributed by atoms with van der Waals surface area (Å²) in [6.45, 7) is -2.10. The fourth-order valence-corrected chi connectivity index (χ4v) is 3.30. The van der Waals surface area contributed by atoms with Crippen LogP contribution in [0, 0.1) is 6.07 Å². The monoisotopic (exact) mass is 533 g/mol. The molecule has 4 rings (SSSR count). The minimum absolute atomic E-state index is 0. The summed E-state index contributed by atoms with van der Waals surface area (Å²) >= 11 is 1.40. The van der Waals surface area contributed by atoms with E-state index in [2.05, 4.69) is 16.0 Å². The minimum Gasteiger partial charge on any atom is -0.506 e. The molecule has 0 aliphatic carbocycles. The van der Waals surface area contributed by atoms with Crippen molar-refractivity contribution in [2.75, 3.05) is 5.75 Å². The number of aliphatic imine (C=N–C) groups is 1. The largest absolute Gasteiger partial charge is 0.506 e. The van der Waals surface area contributed by atoms with Gasteiger partial charge in [-0.2, -0.15) is 11.8 Å². The van der Waals surface area contributed by atoms with Crippen molar-refractivity contribution >= 4 is 27.7 Å². The molecule has 0 spiro atoms. The van der Waals surface area contributed by atoms with Crippen molar-refractivity contribution in [3.8, 4) is 17.4 Å². The predicted molar refractivity (Wildman–Crippen MR) is 97.2 cm³/mol. The number of pyridine rings is 1. The molecule has 1 aliphatic heterocycles. The van der Waals surface area contributed by atoms with Crippen molar-refractivity contribution in [3.05, 3.63) is 60.2 Å². The SMILES string of the molecule is [2H]C([2H])([2H])[C@H]1CSC(c2[c-]c(Oc3ccc4cccc(O)c4n3)ccc2)=N1.[Pt]. The first-order valence-corrected chi connectivity index (χ1v) is 8.38. The number of aromatic nitrogens is 1. The molecule has 2 aromatic carbocycles. The van der Waals surface area contributed by atoms with Gasteiger partial charge < -0.3 is 14.8 Å². The van der Waals surface area contributed by atoms with E-state index in [4.69, 9.17) is 8.85 Å². The van der Waals surface area contributed by atoms with E-state index in [1.165, 1.54) is 11.8 Å². The third-order valence-electron chi connectivity index (χ3n) is 3.54. The number of thioether (sulfide) groups is 1. The number of rotatable bonds is 3. The van der Waals surface area contributed by atoms with Gasteiger partial charge in [0, 0.05) is 59.2 Å². The molecule has 0 amide bonds. The average Bonchev–Trinajstić information content (AvgIpc) is 3.13. The zero-order valence-electron chi connectivity index (χ0n) is 15.9. The summed E-state index contributed by atoms with van der Waals surface area (Å²) in [4.78, 5) is 8.65. The van der Waals surface area contributed by atoms with Gasteiger partial charge in [0.15, 0.2) is 0 Å². The van der Waals surface area contributed by atoms with E-state index >= 15 is 0 Å². The molecule has 0 radical (unpaired) electrons. The van der Waals surface area contributed by atoms with E-state index in [0.29, 0.717) is 33.5 Å². The van der Waals surface area contributed by atoms with Gasteiger partial charge in [0.2, 0.25) is 5.88 Å². The molecule has 25 heavy (non-hydrogen) atoms. The molecule has 0 saturated carbocycles. The molecular formula is C19H15N2O2PtS-. The van der Waals surface area contributed by atoms with Crippen molar-refractivity contribution in [2.24, 2.45) is 4.99 Å². The van der Waals surface area contributed by atoms with Crippen LogP contribution in [0.2, 0.25) is 0 Å². The Morgan fingerprint density at radius 2 is 2.12 bits per heavy atom. The molecule has 4 nitrogen and oxygen atoms in total. The van der Waals surface area contributed by atoms with Crippen LogP contribution in [0.3, 0.4) is 0 Å². The Kier molecular flexibility index (Phi) is 4.35. The second-order valence-electron chi connectivity index (χ2n) is 5.29. The van der Waals surface area contributed by atoms with Gasteiger partial charge in [0.05, 0.1) is 0 Å². The minimum atomic E-state index is -2.10. The van der Waals surface area contributed by atoms with E-state index in [0.717, 1.165) is 5.39 Å². The van der Waals surface area contributed by atoms with E-state index < -0.39 is 12.9 Å². The standard InChI is InChI=1S/C19H15N2O2S.Pt/c1-12-11-24-19(20-12)14-5-2-6-15(10-14)23-17-9-8-13-4-3-7-16(22)18(13)21-17;/h2-9,12,22H,11H2,1H3;/q-1;/t12-;/m0./s1/i1D3;. The van der Waals surface area contributed by atoms with Gasteiger partial charge in [-0.25, -0.2) is 4.98 Å². The van der Waals surface area contributed by atoms with Gasteiger partial charge >= 0.3 is 0 Å². The van der Waals surface area contributed by atoms with Gasteiger partial charge in [-0.1, -0.05) is 18.2 Å². The number of hydrogen-bond donors (Lipinski definition) is 1. The van der Waals surface area contributed by atoms with Gasteiger partial charge in [0.25, 0.3) is 0 Å². The third-order valence-corrected chi connectivity index (χ3v) is 4.62. The zero-order valence-corrected chi connectivity index (χ0v) is 16.0. The van der Waals surface area contributed by atoms with Crippen LogP contribution >= 0.6 is 11.8 Å². The van der Waals surface area contributed by atoms with Crippen LogP contribution in [0.4, 0.5) is 0 Å². The Labute approximate surface area is 168 Å². The zero-order chi connectivity index (χ0) is 19.0. The van der Waals surface area contributed by atoms with Crippen LogP contribution in [0.1, 0.15) is 16.5 Å². The van der Waals surface area contributed by atoms with Crippen molar-refractivity contribution < 1.29 is 35.0 Å². The molecule has 1 atom stereocenters. The Morgan fingerprint density at radius 1 is 1.24 bits per heavy atom. The molecule has 130 valence electrons. The number of ether oxygens (including phenoxy) is 1. The number of nitrogens with zero attached hydrogens (tertiary/aromatic N) is 2. The first-order valence-electron chi connectivity index (χ1n) is 8.90. The molecule has 1 aliphatic rings. The number of phenolic OH excluding ortho intramolecular Hbond substituents is 1. The van der Waals surface area contributed by atoms with Crippen molar-refractivity contribution in [3.63, 3.8) is 0 Å². The summed E-state index contributed by atoms with van der Waals surface area (Å²) in [6.07, 6.45) is 0. The summed E-state index contributed by atoms with van der Waals surface area (Å²) in [5, 5.41) is 11.4. The van der Waals surface area contributed by atoms with E-state index in [9.17, 15) is 5.11 Å². The molecule has 1 aromatic heterocycles. The Morgan fingerprint density at radius 3 is 2.96 bits per heavy atom. The van der Waals surface area contributed by atoms with E-state index in [1.54, 1.807) is 30.3 Å².